The van der Waals surface area contributed by atoms with Gasteiger partial charge < -0.3 is 9.88 Å². The number of aromatic nitrogens is 1. The summed E-state index contributed by atoms with van der Waals surface area (Å²) in [6.07, 6.45) is 4.73. The predicted octanol–water partition coefficient (Wildman–Crippen LogP) is 4.32. The van der Waals surface area contributed by atoms with Crippen LogP contribution in [0.4, 0.5) is 5.69 Å². The van der Waals surface area contributed by atoms with Crippen LogP contribution in [0.25, 0.3) is 10.9 Å². The quantitative estimate of drug-likeness (QED) is 0.752. The Kier molecular flexibility index (Phi) is 3.41. The number of carbonyl (C=O) groups is 1. The number of aromatic amines is 1. The lowest BCUT2D eigenvalue weighted by Crippen LogP contribution is -2.26. The molecule has 0 aliphatic heterocycles. The number of carbonyl (C=O) groups excluding carboxylic acids is 1. The number of nitrogens with zero attached hydrogens (tertiary/aromatic N) is 1. The third-order valence-electron chi connectivity index (χ3n) is 4.79. The van der Waals surface area contributed by atoms with E-state index in [9.17, 15) is 4.79 Å². The number of hydrogen-bond donors (Lipinski definition) is 1. The standard InChI is InChI=1S/C20H20N2O/c1-22(15-7-3-2-4-8-15)20(23)14-11-12-19-17(13-14)16-9-5-6-10-18(16)21-19/h2-4,7-8,11-13,21H,5-6,9-10H2,1H3. The molecular formula is C20H20N2O. The minimum atomic E-state index is 0.0314. The maximum atomic E-state index is 12.8. The van der Waals surface area contributed by atoms with E-state index in [0.717, 1.165) is 29.6 Å². The first-order valence-electron chi connectivity index (χ1n) is 8.20. The van der Waals surface area contributed by atoms with Gasteiger partial charge in [-0.2, -0.15) is 0 Å². The summed E-state index contributed by atoms with van der Waals surface area (Å²) >= 11 is 0. The topological polar surface area (TPSA) is 36.1 Å². The number of aryl methyl sites for hydroxylation is 2. The van der Waals surface area contributed by atoms with Crippen molar-refractivity contribution in [3.05, 3.63) is 65.4 Å². The molecule has 0 saturated heterocycles. The summed E-state index contributed by atoms with van der Waals surface area (Å²) in [5.74, 6) is 0.0314. The second kappa shape index (κ2) is 5.58. The molecule has 2 aromatic carbocycles. The lowest BCUT2D eigenvalue weighted by molar-refractivity contribution is 0.0993. The minimum Gasteiger partial charge on any atom is -0.358 e. The summed E-state index contributed by atoms with van der Waals surface area (Å²) in [4.78, 5) is 18.0. The van der Waals surface area contributed by atoms with Crippen LogP contribution in [0.15, 0.2) is 48.5 Å². The lowest BCUT2D eigenvalue weighted by atomic mass is 9.95. The monoisotopic (exact) mass is 304 g/mol. The number of fused-ring (bicyclic) bond motifs is 3. The summed E-state index contributed by atoms with van der Waals surface area (Å²) < 4.78 is 0. The Bertz CT molecular complexity index is 864. The SMILES string of the molecule is CN(C(=O)c1ccc2[nH]c3c(c2c1)CCCC3)c1ccccc1. The van der Waals surface area contributed by atoms with Gasteiger partial charge in [0.15, 0.2) is 0 Å². The van der Waals surface area contributed by atoms with Crippen molar-refractivity contribution in [3.63, 3.8) is 0 Å². The fourth-order valence-corrected chi connectivity index (χ4v) is 3.50. The molecule has 3 aromatic rings. The molecule has 1 aliphatic carbocycles. The first-order valence-corrected chi connectivity index (χ1v) is 8.20. The molecule has 1 aliphatic rings. The highest BCUT2D eigenvalue weighted by molar-refractivity contribution is 6.07. The Balaban J connectivity index is 1.72. The summed E-state index contributed by atoms with van der Waals surface area (Å²) in [7, 11) is 1.83. The molecule has 0 bridgehead atoms. The van der Waals surface area contributed by atoms with Crippen molar-refractivity contribution < 1.29 is 4.79 Å². The Morgan fingerprint density at radius 3 is 2.65 bits per heavy atom. The number of rotatable bonds is 2. The number of H-pyrrole nitrogens is 1. The highest BCUT2D eigenvalue weighted by Crippen LogP contribution is 2.30. The van der Waals surface area contributed by atoms with Crippen molar-refractivity contribution in [2.75, 3.05) is 11.9 Å². The van der Waals surface area contributed by atoms with Gasteiger partial charge in [0.05, 0.1) is 0 Å². The number of nitrogens with one attached hydrogen (secondary N) is 1. The summed E-state index contributed by atoms with van der Waals surface area (Å²) in [6, 6.07) is 15.8. The molecule has 0 radical (unpaired) electrons. The number of amides is 1. The highest BCUT2D eigenvalue weighted by Gasteiger charge is 2.18. The van der Waals surface area contributed by atoms with Crippen LogP contribution in [-0.4, -0.2) is 17.9 Å². The van der Waals surface area contributed by atoms with Crippen LogP contribution >= 0.6 is 0 Å². The average molecular weight is 304 g/mol. The van der Waals surface area contributed by atoms with E-state index in [4.69, 9.17) is 0 Å². The Labute approximate surface area is 135 Å². The smallest absolute Gasteiger partial charge is 0.258 e. The van der Waals surface area contributed by atoms with Gasteiger partial charge in [0.1, 0.15) is 0 Å². The molecule has 0 saturated carbocycles. The van der Waals surface area contributed by atoms with Crippen molar-refractivity contribution in [2.45, 2.75) is 25.7 Å². The molecule has 116 valence electrons. The molecular weight excluding hydrogens is 284 g/mol. The molecule has 1 N–H and O–H groups in total. The van der Waals surface area contributed by atoms with Crippen molar-refractivity contribution in [2.24, 2.45) is 0 Å². The fraction of sp³-hybridized carbons (Fsp3) is 0.250. The Morgan fingerprint density at radius 1 is 1.04 bits per heavy atom. The van der Waals surface area contributed by atoms with Crippen LogP contribution in [0.2, 0.25) is 0 Å². The van der Waals surface area contributed by atoms with Crippen LogP contribution in [0.3, 0.4) is 0 Å². The maximum Gasteiger partial charge on any atom is 0.258 e. The van der Waals surface area contributed by atoms with E-state index in [2.05, 4.69) is 11.1 Å². The third kappa shape index (κ3) is 2.42. The van der Waals surface area contributed by atoms with Crippen LogP contribution in [0.5, 0.6) is 0 Å². The van der Waals surface area contributed by atoms with Crippen molar-refractivity contribution >= 4 is 22.5 Å². The van der Waals surface area contributed by atoms with Gasteiger partial charge in [-0.3, -0.25) is 4.79 Å². The van der Waals surface area contributed by atoms with E-state index in [-0.39, 0.29) is 5.91 Å². The fourth-order valence-electron chi connectivity index (χ4n) is 3.50. The van der Waals surface area contributed by atoms with Gasteiger partial charge in [-0.25, -0.2) is 0 Å². The van der Waals surface area contributed by atoms with E-state index >= 15 is 0 Å². The predicted molar refractivity (Wildman–Crippen MR) is 94.1 cm³/mol. The zero-order valence-corrected chi connectivity index (χ0v) is 13.3. The molecule has 0 spiro atoms. The molecule has 0 fully saturated rings. The van der Waals surface area contributed by atoms with E-state index in [0.29, 0.717) is 0 Å². The summed E-state index contributed by atoms with van der Waals surface area (Å²) in [5.41, 5.74) is 5.57. The van der Waals surface area contributed by atoms with Crippen molar-refractivity contribution in [3.8, 4) is 0 Å². The maximum absolute atomic E-state index is 12.8. The number of hydrogen-bond acceptors (Lipinski definition) is 1. The van der Waals surface area contributed by atoms with E-state index in [1.54, 1.807) is 4.90 Å². The van der Waals surface area contributed by atoms with Gasteiger partial charge >= 0.3 is 0 Å². The first kappa shape index (κ1) is 14.1. The average Bonchev–Trinajstić information content (AvgIpc) is 2.99. The number of anilines is 1. The summed E-state index contributed by atoms with van der Waals surface area (Å²) in [6.45, 7) is 0. The minimum absolute atomic E-state index is 0.0314. The Morgan fingerprint density at radius 2 is 1.83 bits per heavy atom. The largest absolute Gasteiger partial charge is 0.358 e. The van der Waals surface area contributed by atoms with Crippen molar-refractivity contribution in [1.82, 2.24) is 4.98 Å². The van der Waals surface area contributed by atoms with Gasteiger partial charge in [0.2, 0.25) is 0 Å². The number of benzene rings is 2. The van der Waals surface area contributed by atoms with Gasteiger partial charge in [0, 0.05) is 34.9 Å². The molecule has 3 nitrogen and oxygen atoms in total. The molecule has 0 atom stereocenters. The van der Waals surface area contributed by atoms with Crippen LogP contribution in [0, 0.1) is 0 Å². The van der Waals surface area contributed by atoms with E-state index in [1.807, 2.05) is 49.5 Å². The molecule has 4 rings (SSSR count). The van der Waals surface area contributed by atoms with Gasteiger partial charge in [-0.05, 0) is 61.6 Å². The zero-order chi connectivity index (χ0) is 15.8. The second-order valence-corrected chi connectivity index (χ2v) is 6.25. The van der Waals surface area contributed by atoms with E-state index < -0.39 is 0 Å². The molecule has 1 heterocycles. The molecule has 1 aromatic heterocycles. The molecule has 3 heteroatoms. The normalized spacial score (nSPS) is 13.8. The Hall–Kier alpha value is -2.55. The van der Waals surface area contributed by atoms with E-state index in [1.165, 1.54) is 29.5 Å². The zero-order valence-electron chi connectivity index (χ0n) is 13.3. The van der Waals surface area contributed by atoms with Crippen LogP contribution in [-0.2, 0) is 12.8 Å². The third-order valence-corrected chi connectivity index (χ3v) is 4.79. The number of para-hydroxylation sites is 1. The van der Waals surface area contributed by atoms with Crippen LogP contribution in [0.1, 0.15) is 34.5 Å². The molecule has 1 amide bonds. The second-order valence-electron chi connectivity index (χ2n) is 6.25. The molecule has 23 heavy (non-hydrogen) atoms. The van der Waals surface area contributed by atoms with Gasteiger partial charge in [-0.15, -0.1) is 0 Å². The lowest BCUT2D eigenvalue weighted by Gasteiger charge is -2.17. The first-order chi connectivity index (χ1) is 11.2. The molecule has 0 unspecified atom stereocenters. The van der Waals surface area contributed by atoms with Crippen LogP contribution < -0.4 is 4.90 Å². The van der Waals surface area contributed by atoms with Gasteiger partial charge in [-0.1, -0.05) is 18.2 Å². The van der Waals surface area contributed by atoms with Crippen molar-refractivity contribution in [1.29, 1.82) is 0 Å². The highest BCUT2D eigenvalue weighted by atomic mass is 16.2. The van der Waals surface area contributed by atoms with Gasteiger partial charge in [0.25, 0.3) is 5.91 Å². The summed E-state index contributed by atoms with van der Waals surface area (Å²) in [5, 5.41) is 1.21.